The molecule has 0 radical (unpaired) electrons. The van der Waals surface area contributed by atoms with Crippen LogP contribution in [0.25, 0.3) is 0 Å². The number of rotatable bonds is 2. The van der Waals surface area contributed by atoms with Gasteiger partial charge in [0.1, 0.15) is 0 Å². The molecule has 2 rings (SSSR count). The number of nitrogens with one attached hydrogen (secondary N) is 1. The normalized spacial score (nSPS) is 10.4. The molecule has 1 amide bonds. The molecule has 1 heterocycles. The molecule has 94 valence electrons. The lowest BCUT2D eigenvalue weighted by molar-refractivity contribution is 0.0996. The molecule has 0 atom stereocenters. The standard InChI is InChI=1S/C12H8F3NO2/c1-6-4-9(18-5-6)12(17)16-8-3-2-7(13)10(14)11(8)15/h2-5H,1H3,(H,16,17). The lowest BCUT2D eigenvalue weighted by Gasteiger charge is -2.05. The van der Waals surface area contributed by atoms with Crippen molar-refractivity contribution in [3.05, 3.63) is 53.2 Å². The lowest BCUT2D eigenvalue weighted by Crippen LogP contribution is -2.13. The van der Waals surface area contributed by atoms with Crippen molar-refractivity contribution in [2.45, 2.75) is 6.92 Å². The molecule has 0 saturated heterocycles. The third kappa shape index (κ3) is 2.22. The topological polar surface area (TPSA) is 42.2 Å². The van der Waals surface area contributed by atoms with Gasteiger partial charge in [-0.1, -0.05) is 0 Å². The van der Waals surface area contributed by atoms with Gasteiger partial charge in [-0.2, -0.15) is 0 Å². The van der Waals surface area contributed by atoms with Crippen LogP contribution in [0.2, 0.25) is 0 Å². The van der Waals surface area contributed by atoms with E-state index in [2.05, 4.69) is 5.32 Å². The summed E-state index contributed by atoms with van der Waals surface area (Å²) < 4.78 is 43.8. The van der Waals surface area contributed by atoms with Crippen molar-refractivity contribution >= 4 is 11.6 Å². The number of hydrogen-bond donors (Lipinski definition) is 1. The number of furan rings is 1. The van der Waals surface area contributed by atoms with Crippen LogP contribution in [0.5, 0.6) is 0 Å². The van der Waals surface area contributed by atoms with E-state index in [1.54, 1.807) is 6.92 Å². The minimum atomic E-state index is -1.64. The molecule has 0 spiro atoms. The highest BCUT2D eigenvalue weighted by atomic mass is 19.2. The van der Waals surface area contributed by atoms with Gasteiger partial charge < -0.3 is 9.73 Å². The van der Waals surface area contributed by atoms with Crippen LogP contribution < -0.4 is 5.32 Å². The van der Waals surface area contributed by atoms with Crippen molar-refractivity contribution in [2.24, 2.45) is 0 Å². The van der Waals surface area contributed by atoms with Crippen molar-refractivity contribution in [1.29, 1.82) is 0 Å². The van der Waals surface area contributed by atoms with E-state index < -0.39 is 29.0 Å². The number of amides is 1. The number of anilines is 1. The zero-order valence-corrected chi connectivity index (χ0v) is 9.26. The van der Waals surface area contributed by atoms with Crippen LogP contribution in [-0.2, 0) is 0 Å². The summed E-state index contributed by atoms with van der Waals surface area (Å²) >= 11 is 0. The Labute approximate surface area is 100 Å². The molecule has 1 N–H and O–H groups in total. The minimum absolute atomic E-state index is 0.0448. The highest BCUT2D eigenvalue weighted by molar-refractivity contribution is 6.02. The van der Waals surface area contributed by atoms with E-state index in [0.717, 1.165) is 12.1 Å². The van der Waals surface area contributed by atoms with E-state index in [-0.39, 0.29) is 5.76 Å². The predicted octanol–water partition coefficient (Wildman–Crippen LogP) is 3.26. The van der Waals surface area contributed by atoms with E-state index in [1.165, 1.54) is 12.3 Å². The van der Waals surface area contributed by atoms with Gasteiger partial charge in [0.2, 0.25) is 0 Å². The second-order valence-electron chi connectivity index (χ2n) is 3.67. The van der Waals surface area contributed by atoms with E-state index in [0.29, 0.717) is 5.56 Å². The van der Waals surface area contributed by atoms with Crippen molar-refractivity contribution in [2.75, 3.05) is 5.32 Å². The molecule has 3 nitrogen and oxygen atoms in total. The largest absolute Gasteiger partial charge is 0.459 e. The average molecular weight is 255 g/mol. The molecule has 18 heavy (non-hydrogen) atoms. The smallest absolute Gasteiger partial charge is 0.291 e. The molecule has 0 saturated carbocycles. The Morgan fingerprint density at radius 3 is 2.56 bits per heavy atom. The molecular formula is C12H8F3NO2. The van der Waals surface area contributed by atoms with Gasteiger partial charge in [-0.25, -0.2) is 13.2 Å². The average Bonchev–Trinajstić information content (AvgIpc) is 2.77. The van der Waals surface area contributed by atoms with Gasteiger partial charge in [0.15, 0.2) is 23.2 Å². The lowest BCUT2D eigenvalue weighted by atomic mass is 10.2. The third-order valence-corrected chi connectivity index (χ3v) is 2.24. The highest BCUT2D eigenvalue weighted by Crippen LogP contribution is 2.20. The van der Waals surface area contributed by atoms with Crippen molar-refractivity contribution in [3.63, 3.8) is 0 Å². The molecule has 1 aromatic heterocycles. The van der Waals surface area contributed by atoms with Crippen LogP contribution in [-0.4, -0.2) is 5.91 Å². The molecule has 2 aromatic rings. The summed E-state index contributed by atoms with van der Waals surface area (Å²) in [5.41, 5.74) is 0.263. The number of benzene rings is 1. The van der Waals surface area contributed by atoms with Gasteiger partial charge in [-0.05, 0) is 30.7 Å². The first-order chi connectivity index (χ1) is 8.49. The SMILES string of the molecule is Cc1coc(C(=O)Nc2ccc(F)c(F)c2F)c1. The van der Waals surface area contributed by atoms with Crippen LogP contribution >= 0.6 is 0 Å². The zero-order valence-electron chi connectivity index (χ0n) is 9.26. The molecule has 0 unspecified atom stereocenters. The summed E-state index contributed by atoms with van der Waals surface area (Å²) in [5.74, 6) is -5.20. The fourth-order valence-electron chi connectivity index (χ4n) is 1.36. The predicted molar refractivity (Wildman–Crippen MR) is 57.7 cm³/mol. The Morgan fingerprint density at radius 2 is 1.94 bits per heavy atom. The highest BCUT2D eigenvalue weighted by Gasteiger charge is 2.17. The molecule has 0 aliphatic heterocycles. The summed E-state index contributed by atoms with van der Waals surface area (Å²) in [5, 5.41) is 2.09. The maximum atomic E-state index is 13.3. The van der Waals surface area contributed by atoms with Gasteiger partial charge >= 0.3 is 0 Å². The second-order valence-corrected chi connectivity index (χ2v) is 3.67. The van der Waals surface area contributed by atoms with Gasteiger partial charge in [-0.3, -0.25) is 4.79 Å². The summed E-state index contributed by atoms with van der Waals surface area (Å²) in [7, 11) is 0. The summed E-state index contributed by atoms with van der Waals surface area (Å²) in [6, 6.07) is 3.09. The van der Waals surface area contributed by atoms with Gasteiger partial charge in [-0.15, -0.1) is 0 Å². The molecule has 0 bridgehead atoms. The third-order valence-electron chi connectivity index (χ3n) is 2.24. The minimum Gasteiger partial charge on any atom is -0.459 e. The maximum Gasteiger partial charge on any atom is 0.291 e. The quantitative estimate of drug-likeness (QED) is 0.837. The molecule has 0 fully saturated rings. The Bertz CT molecular complexity index is 607. The monoisotopic (exact) mass is 255 g/mol. The first-order valence-electron chi connectivity index (χ1n) is 4.99. The summed E-state index contributed by atoms with van der Waals surface area (Å²) in [6.07, 6.45) is 1.34. The Balaban J connectivity index is 2.25. The molecular weight excluding hydrogens is 247 g/mol. The number of halogens is 3. The van der Waals surface area contributed by atoms with Crippen LogP contribution in [0.4, 0.5) is 18.9 Å². The van der Waals surface area contributed by atoms with E-state index in [1.807, 2.05) is 0 Å². The number of hydrogen-bond acceptors (Lipinski definition) is 2. The van der Waals surface area contributed by atoms with Crippen LogP contribution in [0, 0.1) is 24.4 Å². The number of aryl methyl sites for hydroxylation is 1. The van der Waals surface area contributed by atoms with Gasteiger partial charge in [0.05, 0.1) is 12.0 Å². The molecule has 1 aromatic carbocycles. The maximum absolute atomic E-state index is 13.3. The van der Waals surface area contributed by atoms with Crippen molar-refractivity contribution in [3.8, 4) is 0 Å². The first-order valence-corrected chi connectivity index (χ1v) is 4.99. The number of carbonyl (C=O) groups excluding carboxylic acids is 1. The molecule has 0 aliphatic carbocycles. The van der Waals surface area contributed by atoms with E-state index in [9.17, 15) is 18.0 Å². The second kappa shape index (κ2) is 4.56. The van der Waals surface area contributed by atoms with Crippen molar-refractivity contribution < 1.29 is 22.4 Å². The molecule has 6 heteroatoms. The Morgan fingerprint density at radius 1 is 1.22 bits per heavy atom. The van der Waals surface area contributed by atoms with Gasteiger partial charge in [0, 0.05) is 0 Å². The van der Waals surface area contributed by atoms with E-state index >= 15 is 0 Å². The fraction of sp³-hybridized carbons (Fsp3) is 0.0833. The van der Waals surface area contributed by atoms with Crippen LogP contribution in [0.1, 0.15) is 16.1 Å². The van der Waals surface area contributed by atoms with Gasteiger partial charge in [0.25, 0.3) is 5.91 Å². The van der Waals surface area contributed by atoms with Crippen LogP contribution in [0.3, 0.4) is 0 Å². The number of carbonyl (C=O) groups is 1. The Kier molecular flexibility index (Phi) is 3.10. The Hall–Kier alpha value is -2.24. The zero-order chi connectivity index (χ0) is 13.3. The summed E-state index contributed by atoms with van der Waals surface area (Å²) in [6.45, 7) is 1.71. The first kappa shape index (κ1) is 12.2. The summed E-state index contributed by atoms with van der Waals surface area (Å²) in [4.78, 5) is 11.6. The van der Waals surface area contributed by atoms with Crippen molar-refractivity contribution in [1.82, 2.24) is 0 Å². The fourth-order valence-corrected chi connectivity index (χ4v) is 1.36. The van der Waals surface area contributed by atoms with E-state index in [4.69, 9.17) is 4.42 Å². The van der Waals surface area contributed by atoms with Crippen LogP contribution in [0.15, 0.2) is 28.9 Å². The molecule has 0 aliphatic rings.